The van der Waals surface area contributed by atoms with Crippen LogP contribution in [0.15, 0.2) is 18.2 Å². The summed E-state index contributed by atoms with van der Waals surface area (Å²) < 4.78 is 5.05. The van der Waals surface area contributed by atoms with Gasteiger partial charge >= 0.3 is 0 Å². The number of rotatable bonds is 7. The summed E-state index contributed by atoms with van der Waals surface area (Å²) in [6, 6.07) is 5.08. The van der Waals surface area contributed by atoms with Crippen LogP contribution in [0.3, 0.4) is 0 Å². The zero-order valence-corrected chi connectivity index (χ0v) is 12.7. The van der Waals surface area contributed by atoms with Crippen molar-refractivity contribution in [3.05, 3.63) is 23.2 Å². The van der Waals surface area contributed by atoms with Gasteiger partial charge in [0.2, 0.25) is 11.8 Å². The Morgan fingerprint density at radius 3 is 2.76 bits per heavy atom. The van der Waals surface area contributed by atoms with Crippen LogP contribution in [0.4, 0.5) is 5.69 Å². The maximum atomic E-state index is 11.8. The molecule has 21 heavy (non-hydrogen) atoms. The van der Waals surface area contributed by atoms with Gasteiger partial charge in [0, 0.05) is 24.6 Å². The largest absolute Gasteiger partial charge is 0.495 e. The van der Waals surface area contributed by atoms with Gasteiger partial charge in [-0.1, -0.05) is 11.6 Å². The van der Waals surface area contributed by atoms with Crippen molar-refractivity contribution in [1.82, 2.24) is 5.32 Å². The summed E-state index contributed by atoms with van der Waals surface area (Å²) in [6.07, 6.45) is 2.96. The third kappa shape index (κ3) is 4.93. The number of hydrogen-bond acceptors (Lipinski definition) is 3. The van der Waals surface area contributed by atoms with E-state index < -0.39 is 0 Å². The van der Waals surface area contributed by atoms with E-state index in [9.17, 15) is 9.59 Å². The molecule has 0 atom stereocenters. The number of nitrogens with one attached hydrogen (secondary N) is 2. The van der Waals surface area contributed by atoms with Gasteiger partial charge in [0.1, 0.15) is 5.75 Å². The standard InChI is InChI=1S/C15H19ClN2O3/c1-21-13-7-6-11(9-12(13)16)18-14(19)3-2-8-17-15(20)10-4-5-10/h6-7,9-10H,2-5,8H2,1H3,(H,17,20)(H,18,19). The van der Waals surface area contributed by atoms with Crippen LogP contribution in [0.2, 0.25) is 5.02 Å². The summed E-state index contributed by atoms with van der Waals surface area (Å²) in [6.45, 7) is 0.534. The summed E-state index contributed by atoms with van der Waals surface area (Å²) in [5, 5.41) is 6.05. The van der Waals surface area contributed by atoms with E-state index in [4.69, 9.17) is 16.3 Å². The number of halogens is 1. The molecule has 0 bridgehead atoms. The molecule has 0 aromatic heterocycles. The van der Waals surface area contributed by atoms with Gasteiger partial charge < -0.3 is 15.4 Å². The van der Waals surface area contributed by atoms with E-state index in [1.54, 1.807) is 18.2 Å². The molecule has 5 nitrogen and oxygen atoms in total. The zero-order chi connectivity index (χ0) is 15.2. The highest BCUT2D eigenvalue weighted by molar-refractivity contribution is 6.32. The number of carbonyl (C=O) groups is 2. The average molecular weight is 311 g/mol. The average Bonchev–Trinajstić information content (AvgIpc) is 3.28. The third-order valence-electron chi connectivity index (χ3n) is 3.26. The van der Waals surface area contributed by atoms with Crippen LogP contribution in [-0.2, 0) is 9.59 Å². The topological polar surface area (TPSA) is 67.4 Å². The molecule has 0 heterocycles. The highest BCUT2D eigenvalue weighted by Crippen LogP contribution is 2.28. The molecule has 2 rings (SSSR count). The Kier molecular flexibility index (Phi) is 5.44. The maximum absolute atomic E-state index is 11.8. The van der Waals surface area contributed by atoms with E-state index >= 15 is 0 Å². The molecular formula is C15H19ClN2O3. The molecule has 0 saturated heterocycles. The van der Waals surface area contributed by atoms with Crippen LogP contribution in [0.25, 0.3) is 0 Å². The third-order valence-corrected chi connectivity index (χ3v) is 3.56. The Labute approximate surface area is 129 Å². The van der Waals surface area contributed by atoms with Crippen LogP contribution in [0, 0.1) is 5.92 Å². The Balaban J connectivity index is 1.68. The van der Waals surface area contributed by atoms with E-state index in [1.165, 1.54) is 7.11 Å². The first-order valence-electron chi connectivity index (χ1n) is 7.01. The lowest BCUT2D eigenvalue weighted by Gasteiger charge is -2.08. The molecule has 1 aromatic carbocycles. The fraction of sp³-hybridized carbons (Fsp3) is 0.467. The van der Waals surface area contributed by atoms with E-state index in [1.807, 2.05) is 0 Å². The number of methoxy groups -OCH3 is 1. The van der Waals surface area contributed by atoms with Crippen molar-refractivity contribution in [2.75, 3.05) is 19.0 Å². The molecule has 2 N–H and O–H groups in total. The van der Waals surface area contributed by atoms with E-state index in [0.29, 0.717) is 35.8 Å². The minimum absolute atomic E-state index is 0.100. The number of anilines is 1. The van der Waals surface area contributed by atoms with E-state index in [-0.39, 0.29) is 17.7 Å². The molecule has 0 unspecified atom stereocenters. The second-order valence-corrected chi connectivity index (χ2v) is 5.47. The van der Waals surface area contributed by atoms with Crippen LogP contribution < -0.4 is 15.4 Å². The lowest BCUT2D eigenvalue weighted by atomic mass is 10.2. The lowest BCUT2D eigenvalue weighted by molar-refractivity contribution is -0.122. The van der Waals surface area contributed by atoms with Crippen LogP contribution in [0.5, 0.6) is 5.75 Å². The normalized spacial score (nSPS) is 13.6. The molecule has 1 saturated carbocycles. The fourth-order valence-electron chi connectivity index (χ4n) is 1.92. The van der Waals surface area contributed by atoms with E-state index in [0.717, 1.165) is 12.8 Å². The Hall–Kier alpha value is -1.75. The Morgan fingerprint density at radius 2 is 2.14 bits per heavy atom. The van der Waals surface area contributed by atoms with Gasteiger partial charge in [0.25, 0.3) is 0 Å². The van der Waals surface area contributed by atoms with Gasteiger partial charge in [-0.15, -0.1) is 0 Å². The minimum atomic E-state index is -0.100. The molecule has 0 radical (unpaired) electrons. The van der Waals surface area contributed by atoms with Crippen LogP contribution >= 0.6 is 11.6 Å². The van der Waals surface area contributed by atoms with Crippen molar-refractivity contribution in [1.29, 1.82) is 0 Å². The quantitative estimate of drug-likeness (QED) is 0.761. The molecule has 1 fully saturated rings. The van der Waals surface area contributed by atoms with Crippen molar-refractivity contribution in [2.45, 2.75) is 25.7 Å². The zero-order valence-electron chi connectivity index (χ0n) is 11.9. The smallest absolute Gasteiger partial charge is 0.224 e. The predicted molar refractivity (Wildman–Crippen MR) is 81.6 cm³/mol. The van der Waals surface area contributed by atoms with Gasteiger partial charge in [0.05, 0.1) is 12.1 Å². The molecule has 114 valence electrons. The Bertz CT molecular complexity index is 530. The van der Waals surface area contributed by atoms with Gasteiger partial charge in [-0.05, 0) is 37.5 Å². The number of benzene rings is 1. The van der Waals surface area contributed by atoms with Crippen molar-refractivity contribution < 1.29 is 14.3 Å². The van der Waals surface area contributed by atoms with Gasteiger partial charge in [-0.3, -0.25) is 9.59 Å². The number of hydrogen-bond donors (Lipinski definition) is 2. The van der Waals surface area contributed by atoms with Crippen molar-refractivity contribution in [2.24, 2.45) is 5.92 Å². The first-order valence-corrected chi connectivity index (χ1v) is 7.39. The van der Waals surface area contributed by atoms with Crippen molar-refractivity contribution in [3.63, 3.8) is 0 Å². The maximum Gasteiger partial charge on any atom is 0.224 e. The van der Waals surface area contributed by atoms with Crippen LogP contribution in [-0.4, -0.2) is 25.5 Å². The SMILES string of the molecule is COc1ccc(NC(=O)CCCNC(=O)C2CC2)cc1Cl. The first kappa shape index (κ1) is 15.6. The second kappa shape index (κ2) is 7.31. The number of ether oxygens (including phenoxy) is 1. The number of carbonyl (C=O) groups excluding carboxylic acids is 2. The Morgan fingerprint density at radius 1 is 1.38 bits per heavy atom. The molecule has 1 aromatic rings. The highest BCUT2D eigenvalue weighted by Gasteiger charge is 2.28. The summed E-state index contributed by atoms with van der Waals surface area (Å²) >= 11 is 5.99. The second-order valence-electron chi connectivity index (χ2n) is 5.07. The van der Waals surface area contributed by atoms with Gasteiger partial charge in [-0.25, -0.2) is 0 Å². The van der Waals surface area contributed by atoms with Gasteiger partial charge in [-0.2, -0.15) is 0 Å². The molecule has 2 amide bonds. The number of amides is 2. The molecule has 1 aliphatic carbocycles. The summed E-state index contributed by atoms with van der Waals surface area (Å²) in [7, 11) is 1.54. The molecule has 0 aliphatic heterocycles. The lowest BCUT2D eigenvalue weighted by Crippen LogP contribution is -2.26. The van der Waals surface area contributed by atoms with Crippen LogP contribution in [0.1, 0.15) is 25.7 Å². The molecule has 0 spiro atoms. The predicted octanol–water partition coefficient (Wildman–Crippen LogP) is 2.59. The molecule has 1 aliphatic rings. The molecule has 6 heteroatoms. The summed E-state index contributed by atoms with van der Waals surface area (Å²) in [5.41, 5.74) is 0.632. The van der Waals surface area contributed by atoms with E-state index in [2.05, 4.69) is 10.6 Å². The van der Waals surface area contributed by atoms with Gasteiger partial charge in [0.15, 0.2) is 0 Å². The monoisotopic (exact) mass is 310 g/mol. The summed E-state index contributed by atoms with van der Waals surface area (Å²) in [4.78, 5) is 23.2. The van der Waals surface area contributed by atoms with Crippen molar-refractivity contribution >= 4 is 29.1 Å². The minimum Gasteiger partial charge on any atom is -0.495 e. The first-order chi connectivity index (χ1) is 10.1. The molecular weight excluding hydrogens is 292 g/mol. The highest BCUT2D eigenvalue weighted by atomic mass is 35.5. The van der Waals surface area contributed by atoms with Crippen molar-refractivity contribution in [3.8, 4) is 5.75 Å². The fourth-order valence-corrected chi connectivity index (χ4v) is 2.18. The summed E-state index contributed by atoms with van der Waals surface area (Å²) in [5.74, 6) is 0.784.